The van der Waals surface area contributed by atoms with Crippen LogP contribution in [-0.2, 0) is 19.1 Å². The lowest BCUT2D eigenvalue weighted by Gasteiger charge is -1.87. The number of carbonyl (C=O) groups excluding carboxylic acids is 2. The molecule has 0 radical (unpaired) electrons. The lowest BCUT2D eigenvalue weighted by molar-refractivity contribution is -0.143. The lowest BCUT2D eigenvalue weighted by Crippen LogP contribution is -1.94. The first-order valence-electron chi connectivity index (χ1n) is 2.83. The van der Waals surface area contributed by atoms with Gasteiger partial charge >= 0.3 is 11.9 Å². The van der Waals surface area contributed by atoms with Gasteiger partial charge in [0, 0.05) is 6.42 Å². The molecule has 0 aromatic carbocycles. The lowest BCUT2D eigenvalue weighted by atomic mass is 10.5. The fraction of sp³-hybridized carbons (Fsp3) is 0.500. The van der Waals surface area contributed by atoms with Crippen molar-refractivity contribution in [1.29, 1.82) is 0 Å². The molecule has 0 fully saturated rings. The quantitative estimate of drug-likeness (QED) is 0.346. The van der Waals surface area contributed by atoms with Crippen molar-refractivity contribution in [3.63, 3.8) is 0 Å². The maximum atomic E-state index is 9.96. The van der Waals surface area contributed by atoms with E-state index in [0.717, 1.165) is 0 Å². The van der Waals surface area contributed by atoms with Gasteiger partial charge in [0.05, 0.1) is 7.11 Å². The van der Waals surface area contributed by atoms with E-state index >= 15 is 0 Å². The minimum atomic E-state index is -1.43. The monoisotopic (exact) mass is 162 g/mol. The Kier molecular flexibility index (Phi) is 9.63. The molecule has 0 amide bonds. The summed E-state index contributed by atoms with van der Waals surface area (Å²) in [5.74, 6) is -1.58. The van der Waals surface area contributed by atoms with E-state index in [2.05, 4.69) is 4.74 Å². The highest BCUT2D eigenvalue weighted by Crippen LogP contribution is 1.76. The smallest absolute Gasteiger partial charge is 0.368 e. The second kappa shape index (κ2) is 8.61. The third-order valence-electron chi connectivity index (χ3n) is 0.617. The Morgan fingerprint density at radius 3 is 1.91 bits per heavy atom. The fourth-order valence-corrected chi connectivity index (χ4v) is 0.144. The van der Waals surface area contributed by atoms with Crippen molar-refractivity contribution in [3.05, 3.63) is 0 Å². The largest absolute Gasteiger partial charge is 0.476 e. The van der Waals surface area contributed by atoms with E-state index in [-0.39, 0.29) is 12.3 Å². The number of carbonyl (C=O) groups is 3. The minimum Gasteiger partial charge on any atom is -0.476 e. The Morgan fingerprint density at radius 2 is 1.91 bits per heavy atom. The molecular weight excluding hydrogens is 152 g/mol. The number of rotatable bonds is 2. The molecule has 11 heavy (non-hydrogen) atoms. The maximum Gasteiger partial charge on any atom is 0.368 e. The van der Waals surface area contributed by atoms with Crippen molar-refractivity contribution in [2.24, 2.45) is 0 Å². The normalized spacial score (nSPS) is 7.09. The molecule has 5 nitrogen and oxygen atoms in total. The molecule has 0 aromatic rings. The predicted octanol–water partition coefficient (Wildman–Crippen LogP) is -0.161. The van der Waals surface area contributed by atoms with Crippen LogP contribution >= 0.6 is 0 Å². The van der Waals surface area contributed by atoms with Crippen molar-refractivity contribution in [1.82, 2.24) is 0 Å². The van der Waals surface area contributed by atoms with Gasteiger partial charge in [0.2, 0.25) is 6.29 Å². The molecule has 0 bridgehead atoms. The molecule has 0 rings (SSSR count). The van der Waals surface area contributed by atoms with Crippen LogP contribution in [0.15, 0.2) is 0 Å². The van der Waals surface area contributed by atoms with E-state index in [0.29, 0.717) is 6.42 Å². The summed E-state index contributed by atoms with van der Waals surface area (Å²) in [6.45, 7) is 1.76. The number of methoxy groups -OCH3 is 1. The van der Waals surface area contributed by atoms with E-state index in [9.17, 15) is 4.79 Å². The van der Waals surface area contributed by atoms with E-state index in [1.165, 1.54) is 7.11 Å². The van der Waals surface area contributed by atoms with Crippen LogP contribution < -0.4 is 0 Å². The van der Waals surface area contributed by atoms with Gasteiger partial charge in [0.25, 0.3) is 0 Å². The molecule has 64 valence electrons. The Bertz CT molecular complexity index is 134. The van der Waals surface area contributed by atoms with Gasteiger partial charge in [-0.1, -0.05) is 6.92 Å². The Morgan fingerprint density at radius 1 is 1.55 bits per heavy atom. The maximum absolute atomic E-state index is 9.96. The van der Waals surface area contributed by atoms with Crippen LogP contribution in [0.3, 0.4) is 0 Å². The first-order valence-corrected chi connectivity index (χ1v) is 2.83. The second-order valence-electron chi connectivity index (χ2n) is 1.39. The van der Waals surface area contributed by atoms with Gasteiger partial charge in [-0.3, -0.25) is 9.59 Å². The van der Waals surface area contributed by atoms with Crippen LogP contribution in [0.2, 0.25) is 0 Å². The number of hydrogen-bond acceptors (Lipinski definition) is 4. The van der Waals surface area contributed by atoms with Gasteiger partial charge in [0.1, 0.15) is 0 Å². The zero-order valence-electron chi connectivity index (χ0n) is 6.36. The molecule has 0 atom stereocenters. The van der Waals surface area contributed by atoms with Gasteiger partial charge in [-0.2, -0.15) is 0 Å². The first kappa shape index (κ1) is 12.3. The van der Waals surface area contributed by atoms with Gasteiger partial charge in [-0.15, -0.1) is 0 Å². The van der Waals surface area contributed by atoms with Crippen LogP contribution in [0.5, 0.6) is 0 Å². The number of aliphatic carboxylic acids is 1. The van der Waals surface area contributed by atoms with E-state index in [4.69, 9.17) is 14.7 Å². The van der Waals surface area contributed by atoms with Crippen molar-refractivity contribution in [2.45, 2.75) is 13.3 Å². The van der Waals surface area contributed by atoms with Gasteiger partial charge in [0.15, 0.2) is 0 Å². The summed E-state index contributed by atoms with van der Waals surface area (Å²) in [7, 11) is 1.38. The molecule has 1 N–H and O–H groups in total. The molecule has 0 aliphatic rings. The molecule has 0 spiro atoms. The number of carboxylic acid groups (broad SMARTS) is 1. The highest BCUT2D eigenvalue weighted by atomic mass is 16.5. The van der Waals surface area contributed by atoms with Crippen molar-refractivity contribution in [2.75, 3.05) is 7.11 Å². The summed E-state index contributed by atoms with van der Waals surface area (Å²) >= 11 is 0. The molecule has 0 saturated carbocycles. The van der Waals surface area contributed by atoms with Crippen molar-refractivity contribution >= 4 is 18.2 Å². The zero-order valence-corrected chi connectivity index (χ0v) is 6.36. The fourth-order valence-electron chi connectivity index (χ4n) is 0.144. The number of esters is 1. The predicted molar refractivity (Wildman–Crippen MR) is 36.0 cm³/mol. The Labute approximate surface area is 64.0 Å². The minimum absolute atomic E-state index is 0.157. The highest BCUT2D eigenvalue weighted by molar-refractivity contribution is 6.19. The number of aldehydes is 1. The highest BCUT2D eigenvalue weighted by Gasteiger charge is 1.87. The van der Waals surface area contributed by atoms with Crippen LogP contribution in [0.4, 0.5) is 0 Å². The first-order chi connectivity index (χ1) is 5.08. The van der Waals surface area contributed by atoms with Crippen LogP contribution in [-0.4, -0.2) is 30.4 Å². The van der Waals surface area contributed by atoms with E-state index in [1.54, 1.807) is 6.92 Å². The molecule has 0 aliphatic carbocycles. The average Bonchev–Trinajstić information content (AvgIpc) is 2.04. The number of hydrogen-bond donors (Lipinski definition) is 1. The van der Waals surface area contributed by atoms with Gasteiger partial charge in [-0.05, 0) is 0 Å². The van der Waals surface area contributed by atoms with Crippen LogP contribution in [0, 0.1) is 0 Å². The van der Waals surface area contributed by atoms with Gasteiger partial charge < -0.3 is 9.84 Å². The summed E-state index contributed by atoms with van der Waals surface area (Å²) < 4.78 is 4.26. The standard InChI is InChI=1S/C4H8O2.C2H2O3/c1-3-4(5)6-2;3-1-2(4)5/h3H2,1-2H3;1H,(H,4,5). The summed E-state index contributed by atoms with van der Waals surface area (Å²) in [5.41, 5.74) is 0. The van der Waals surface area contributed by atoms with E-state index < -0.39 is 5.97 Å². The topological polar surface area (TPSA) is 80.7 Å². The third-order valence-corrected chi connectivity index (χ3v) is 0.617. The van der Waals surface area contributed by atoms with Crippen LogP contribution in [0.1, 0.15) is 13.3 Å². The third kappa shape index (κ3) is 17.7. The molecule has 0 saturated heterocycles. The summed E-state index contributed by atoms with van der Waals surface area (Å²) in [5, 5.41) is 7.35. The molecule has 5 heteroatoms. The zero-order chi connectivity index (χ0) is 9.28. The van der Waals surface area contributed by atoms with Gasteiger partial charge in [-0.25, -0.2) is 4.79 Å². The summed E-state index contributed by atoms with van der Waals surface area (Å²) in [6.07, 6.45) is 0.302. The SMILES string of the molecule is CCC(=O)OC.O=CC(=O)O. The van der Waals surface area contributed by atoms with Crippen LogP contribution in [0.25, 0.3) is 0 Å². The number of ether oxygens (including phenoxy) is 1. The molecule has 0 unspecified atom stereocenters. The molecular formula is C6H10O5. The second-order valence-corrected chi connectivity index (χ2v) is 1.39. The average molecular weight is 162 g/mol. The Hall–Kier alpha value is -1.39. The Balaban J connectivity index is 0. The summed E-state index contributed by atoms with van der Waals surface area (Å²) in [6, 6.07) is 0. The molecule has 0 aliphatic heterocycles. The molecule has 0 heterocycles. The molecule has 0 aromatic heterocycles. The summed E-state index contributed by atoms with van der Waals surface area (Å²) in [4.78, 5) is 27.9. The van der Waals surface area contributed by atoms with E-state index in [1.807, 2.05) is 0 Å². The van der Waals surface area contributed by atoms with Crippen molar-refractivity contribution < 1.29 is 24.2 Å². The number of carboxylic acids is 1. The van der Waals surface area contributed by atoms with Crippen molar-refractivity contribution in [3.8, 4) is 0 Å².